The molecule has 9 nitrogen and oxygen atoms in total. The summed E-state index contributed by atoms with van der Waals surface area (Å²) in [5.41, 5.74) is 10.1. The molecule has 3 amide bonds. The second-order valence-electron chi connectivity index (χ2n) is 9.20. The Labute approximate surface area is 203 Å². The molecule has 0 atom stereocenters. The molecule has 3 heterocycles. The van der Waals surface area contributed by atoms with Gasteiger partial charge in [-0.05, 0) is 54.8 Å². The number of rotatable bonds is 6. The monoisotopic (exact) mass is 472 g/mol. The van der Waals surface area contributed by atoms with Crippen molar-refractivity contribution < 1.29 is 14.4 Å². The summed E-state index contributed by atoms with van der Waals surface area (Å²) in [6, 6.07) is 9.78. The number of carbonyl (C=O) groups excluding carboxylic acids is 3. The number of carbonyl (C=O) groups is 3. The Bertz CT molecular complexity index is 1370. The zero-order valence-corrected chi connectivity index (χ0v) is 19.6. The van der Waals surface area contributed by atoms with Crippen LogP contribution in [0.25, 0.3) is 22.0 Å². The number of nitrogens with one attached hydrogen (secondary N) is 2. The molecule has 5 rings (SSSR count). The van der Waals surface area contributed by atoms with Gasteiger partial charge in [-0.15, -0.1) is 0 Å². The number of aryl methyl sites for hydroxylation is 1. The van der Waals surface area contributed by atoms with Crippen molar-refractivity contribution in [3.05, 3.63) is 59.8 Å². The Morgan fingerprint density at radius 2 is 2.00 bits per heavy atom. The average molecular weight is 473 g/mol. The molecule has 2 aliphatic heterocycles. The number of piperidine rings is 1. The fourth-order valence-electron chi connectivity index (χ4n) is 4.92. The van der Waals surface area contributed by atoms with Crippen molar-refractivity contribution in [2.24, 2.45) is 18.7 Å². The van der Waals surface area contributed by atoms with Crippen LogP contribution in [0.4, 0.5) is 5.69 Å². The summed E-state index contributed by atoms with van der Waals surface area (Å²) >= 11 is 0. The average Bonchev–Trinajstić information content (AvgIpc) is 3.39. The van der Waals surface area contributed by atoms with E-state index in [2.05, 4.69) is 22.3 Å². The van der Waals surface area contributed by atoms with Crippen LogP contribution in [0.5, 0.6) is 0 Å². The van der Waals surface area contributed by atoms with Gasteiger partial charge in [-0.1, -0.05) is 24.8 Å². The highest BCUT2D eigenvalue weighted by Gasteiger charge is 2.34. The largest absolute Gasteiger partial charge is 0.366 e. The van der Waals surface area contributed by atoms with E-state index in [-0.39, 0.29) is 36.4 Å². The predicted molar refractivity (Wildman–Crippen MR) is 133 cm³/mol. The van der Waals surface area contributed by atoms with Crippen LogP contribution in [0.3, 0.4) is 0 Å². The van der Waals surface area contributed by atoms with Gasteiger partial charge in [0.15, 0.2) is 0 Å². The summed E-state index contributed by atoms with van der Waals surface area (Å²) in [5, 5.41) is 11.6. The lowest BCUT2D eigenvalue weighted by atomic mass is 9.94. The first-order valence-electron chi connectivity index (χ1n) is 11.7. The first-order valence-corrected chi connectivity index (χ1v) is 11.7. The van der Waals surface area contributed by atoms with Crippen LogP contribution in [0, 0.1) is 5.92 Å². The molecule has 180 valence electrons. The van der Waals surface area contributed by atoms with E-state index in [1.54, 1.807) is 15.6 Å². The van der Waals surface area contributed by atoms with Crippen molar-refractivity contribution in [2.45, 2.75) is 19.4 Å². The molecule has 0 bridgehead atoms. The van der Waals surface area contributed by atoms with Gasteiger partial charge in [0.2, 0.25) is 11.8 Å². The molecule has 0 radical (unpaired) electrons. The van der Waals surface area contributed by atoms with Crippen molar-refractivity contribution in [1.82, 2.24) is 20.0 Å². The maximum atomic E-state index is 13.5. The number of fused-ring (bicyclic) bond motifs is 2. The number of nitrogens with zero attached hydrogens (tertiary/aromatic N) is 3. The Balaban J connectivity index is 1.55. The smallest absolute Gasteiger partial charge is 0.256 e. The molecular formula is C26H28N6O3. The Kier molecular flexibility index (Phi) is 5.86. The number of amides is 3. The lowest BCUT2D eigenvalue weighted by molar-refractivity contribution is -0.120. The highest BCUT2D eigenvalue weighted by Crippen LogP contribution is 2.38. The van der Waals surface area contributed by atoms with Crippen molar-refractivity contribution >= 4 is 34.3 Å². The topological polar surface area (TPSA) is 122 Å². The Hall–Kier alpha value is -3.98. The van der Waals surface area contributed by atoms with Gasteiger partial charge in [0.1, 0.15) is 0 Å². The number of primary amides is 1. The van der Waals surface area contributed by atoms with Crippen molar-refractivity contribution in [3.63, 3.8) is 0 Å². The summed E-state index contributed by atoms with van der Waals surface area (Å²) < 4.78 is 1.81. The van der Waals surface area contributed by atoms with E-state index in [0.29, 0.717) is 11.3 Å². The first-order chi connectivity index (χ1) is 16.8. The van der Waals surface area contributed by atoms with Crippen LogP contribution in [0.2, 0.25) is 0 Å². The molecule has 4 N–H and O–H groups in total. The molecule has 2 aromatic carbocycles. The number of nitrogens with two attached hydrogens (primary N) is 1. The predicted octanol–water partition coefficient (Wildman–Crippen LogP) is 2.18. The lowest BCUT2D eigenvalue weighted by Gasteiger charge is -2.22. The molecule has 2 aliphatic rings. The highest BCUT2D eigenvalue weighted by atomic mass is 16.2. The molecule has 1 saturated heterocycles. The van der Waals surface area contributed by atoms with E-state index < -0.39 is 5.91 Å². The lowest BCUT2D eigenvalue weighted by Crippen LogP contribution is -2.35. The molecule has 35 heavy (non-hydrogen) atoms. The second-order valence-corrected chi connectivity index (χ2v) is 9.20. The SMILES string of the molecule is C=C(CN1Cc2c(-c3ccc4cnn(C)c4c3)ccc(NC(=O)C3CCNCC3)c2C1=O)C(N)=O. The molecule has 3 aromatic rings. The summed E-state index contributed by atoms with van der Waals surface area (Å²) in [4.78, 5) is 39.6. The van der Waals surface area contributed by atoms with Gasteiger partial charge in [0.25, 0.3) is 5.91 Å². The zero-order chi connectivity index (χ0) is 24.7. The molecule has 1 aromatic heterocycles. The van der Waals surface area contributed by atoms with Crippen LogP contribution >= 0.6 is 0 Å². The van der Waals surface area contributed by atoms with Gasteiger partial charge in [-0.2, -0.15) is 5.10 Å². The fourth-order valence-corrected chi connectivity index (χ4v) is 4.92. The summed E-state index contributed by atoms with van der Waals surface area (Å²) in [7, 11) is 1.89. The Morgan fingerprint density at radius 3 is 2.74 bits per heavy atom. The van der Waals surface area contributed by atoms with Crippen molar-refractivity contribution in [2.75, 3.05) is 25.0 Å². The van der Waals surface area contributed by atoms with Gasteiger partial charge >= 0.3 is 0 Å². The maximum Gasteiger partial charge on any atom is 0.256 e. The molecule has 0 aliphatic carbocycles. The van der Waals surface area contributed by atoms with Gasteiger partial charge < -0.3 is 21.3 Å². The minimum absolute atomic E-state index is 0.0325. The highest BCUT2D eigenvalue weighted by molar-refractivity contribution is 6.09. The molecule has 1 fully saturated rings. The third-order valence-electron chi connectivity index (χ3n) is 6.92. The van der Waals surface area contributed by atoms with Gasteiger partial charge in [-0.25, -0.2) is 0 Å². The van der Waals surface area contributed by atoms with E-state index >= 15 is 0 Å². The van der Waals surface area contributed by atoms with Gasteiger partial charge in [0, 0.05) is 30.5 Å². The van der Waals surface area contributed by atoms with E-state index in [0.717, 1.165) is 53.5 Å². The summed E-state index contributed by atoms with van der Waals surface area (Å²) in [6.07, 6.45) is 3.33. The maximum absolute atomic E-state index is 13.5. The molecule has 0 unspecified atom stereocenters. The fraction of sp³-hybridized carbons (Fsp3) is 0.308. The van der Waals surface area contributed by atoms with Crippen LogP contribution in [0.1, 0.15) is 28.8 Å². The minimum atomic E-state index is -0.643. The number of hydrogen-bond donors (Lipinski definition) is 3. The normalized spacial score (nSPS) is 15.9. The van der Waals surface area contributed by atoms with Gasteiger partial charge in [0.05, 0.1) is 29.5 Å². The number of aromatic nitrogens is 2. The van der Waals surface area contributed by atoms with Crippen LogP contribution in [-0.2, 0) is 23.2 Å². The first kappa shape index (κ1) is 22.8. The second kappa shape index (κ2) is 8.99. The standard InChI is InChI=1S/C26H28N6O3/c1-15(24(27)33)13-32-14-20-19(17-3-4-18-12-29-31(2)22(18)11-17)5-6-21(23(20)26(32)35)30-25(34)16-7-9-28-10-8-16/h3-6,11-12,16,28H,1,7-10,13-14H2,2H3,(H2,27,33)(H,30,34). The minimum Gasteiger partial charge on any atom is -0.366 e. The van der Waals surface area contributed by atoms with Gasteiger partial charge in [-0.3, -0.25) is 19.1 Å². The zero-order valence-electron chi connectivity index (χ0n) is 19.6. The third kappa shape index (κ3) is 4.19. The van der Waals surface area contributed by atoms with Crippen molar-refractivity contribution in [3.8, 4) is 11.1 Å². The summed E-state index contributed by atoms with van der Waals surface area (Å²) in [6.45, 7) is 5.63. The molecule has 0 saturated carbocycles. The molecule has 0 spiro atoms. The number of benzene rings is 2. The van der Waals surface area contributed by atoms with Crippen LogP contribution < -0.4 is 16.4 Å². The summed E-state index contributed by atoms with van der Waals surface area (Å²) in [5.74, 6) is -1.08. The van der Waals surface area contributed by atoms with E-state index in [4.69, 9.17) is 5.73 Å². The van der Waals surface area contributed by atoms with Crippen LogP contribution in [0.15, 0.2) is 48.7 Å². The van der Waals surface area contributed by atoms with E-state index in [1.165, 1.54) is 0 Å². The molecular weight excluding hydrogens is 444 g/mol. The number of hydrogen-bond acceptors (Lipinski definition) is 5. The van der Waals surface area contributed by atoms with E-state index in [9.17, 15) is 14.4 Å². The van der Waals surface area contributed by atoms with Crippen LogP contribution in [-0.4, -0.2) is 52.0 Å². The quantitative estimate of drug-likeness (QED) is 0.475. The van der Waals surface area contributed by atoms with E-state index in [1.807, 2.05) is 37.5 Å². The third-order valence-corrected chi connectivity index (χ3v) is 6.92. The van der Waals surface area contributed by atoms with Crippen molar-refractivity contribution in [1.29, 1.82) is 0 Å². The number of anilines is 1. The Morgan fingerprint density at radius 1 is 1.23 bits per heavy atom. The molecule has 9 heteroatoms.